The van der Waals surface area contributed by atoms with Crippen LogP contribution in [0.4, 0.5) is 0 Å². The predicted molar refractivity (Wildman–Crippen MR) is 112 cm³/mol. The van der Waals surface area contributed by atoms with Crippen LogP contribution in [0.5, 0.6) is 28.7 Å². The fraction of sp³-hybridized carbons (Fsp3) is 0.478. The monoisotopic (exact) mass is 388 g/mol. The van der Waals surface area contributed by atoms with Crippen molar-refractivity contribution in [2.75, 3.05) is 14.2 Å². The number of hydrogen-bond donors (Lipinski definition) is 0. The first-order valence-corrected chi connectivity index (χ1v) is 9.66. The lowest BCUT2D eigenvalue weighted by molar-refractivity contribution is 0.217. The molecule has 0 saturated carbocycles. The Morgan fingerprint density at radius 1 is 0.571 bits per heavy atom. The zero-order valence-corrected chi connectivity index (χ0v) is 18.2. The number of methoxy groups -OCH3 is 2. The first-order valence-electron chi connectivity index (χ1n) is 9.66. The maximum absolute atomic E-state index is 6.17. The Bertz CT molecular complexity index is 727. The summed E-state index contributed by atoms with van der Waals surface area (Å²) >= 11 is 0. The molecule has 0 atom stereocenters. The summed E-state index contributed by atoms with van der Waals surface area (Å²) < 4.78 is 29.6. The minimum Gasteiger partial charge on any atom is -0.496 e. The van der Waals surface area contributed by atoms with Gasteiger partial charge in [0, 0.05) is 12.1 Å². The summed E-state index contributed by atoms with van der Waals surface area (Å²) in [5.74, 6) is 3.37. The van der Waals surface area contributed by atoms with Crippen molar-refractivity contribution in [3.05, 3.63) is 30.3 Å². The highest BCUT2D eigenvalue weighted by Crippen LogP contribution is 2.50. The van der Waals surface area contributed by atoms with E-state index in [-0.39, 0.29) is 18.3 Å². The standard InChI is InChI=1S/C23H32O5/c1-14(2)26-17-12-20(27-15(3)4)23(21(13-17)28-16(5)6)22-18(24-7)10-9-11-19(22)25-8/h9-16H,1-8H3. The first-order chi connectivity index (χ1) is 13.3. The van der Waals surface area contributed by atoms with Crippen molar-refractivity contribution < 1.29 is 23.7 Å². The van der Waals surface area contributed by atoms with Crippen LogP contribution in [0.1, 0.15) is 41.5 Å². The van der Waals surface area contributed by atoms with Crippen LogP contribution in [-0.2, 0) is 0 Å². The quantitative estimate of drug-likeness (QED) is 0.549. The third kappa shape index (κ3) is 5.24. The van der Waals surface area contributed by atoms with Gasteiger partial charge in [0.25, 0.3) is 0 Å². The maximum atomic E-state index is 6.17. The minimum atomic E-state index is -0.0272. The normalized spacial score (nSPS) is 11.1. The smallest absolute Gasteiger partial charge is 0.135 e. The Kier molecular flexibility index (Phi) is 7.44. The van der Waals surface area contributed by atoms with Gasteiger partial charge in [-0.2, -0.15) is 0 Å². The van der Waals surface area contributed by atoms with Gasteiger partial charge in [-0.25, -0.2) is 0 Å². The third-order valence-corrected chi connectivity index (χ3v) is 3.81. The van der Waals surface area contributed by atoms with E-state index in [1.165, 1.54) is 0 Å². The summed E-state index contributed by atoms with van der Waals surface area (Å²) in [6, 6.07) is 9.48. The molecule has 0 aliphatic heterocycles. The average molecular weight is 389 g/mol. The summed E-state index contributed by atoms with van der Waals surface area (Å²) in [6.07, 6.45) is -0.0215. The van der Waals surface area contributed by atoms with E-state index < -0.39 is 0 Å². The molecule has 0 saturated heterocycles. The van der Waals surface area contributed by atoms with E-state index >= 15 is 0 Å². The molecule has 5 nitrogen and oxygen atoms in total. The van der Waals surface area contributed by atoms with Crippen molar-refractivity contribution in [2.24, 2.45) is 0 Å². The topological polar surface area (TPSA) is 46.2 Å². The van der Waals surface area contributed by atoms with Crippen LogP contribution in [0.15, 0.2) is 30.3 Å². The fourth-order valence-corrected chi connectivity index (χ4v) is 2.94. The van der Waals surface area contributed by atoms with E-state index in [0.29, 0.717) is 28.7 Å². The molecule has 0 spiro atoms. The number of hydrogen-bond acceptors (Lipinski definition) is 5. The van der Waals surface area contributed by atoms with Gasteiger partial charge in [-0.3, -0.25) is 0 Å². The third-order valence-electron chi connectivity index (χ3n) is 3.81. The zero-order chi connectivity index (χ0) is 20.8. The largest absolute Gasteiger partial charge is 0.496 e. The van der Waals surface area contributed by atoms with E-state index in [2.05, 4.69) is 0 Å². The molecule has 0 N–H and O–H groups in total. The van der Waals surface area contributed by atoms with Crippen LogP contribution in [0.3, 0.4) is 0 Å². The van der Waals surface area contributed by atoms with Gasteiger partial charge in [0.1, 0.15) is 28.7 Å². The van der Waals surface area contributed by atoms with Crippen LogP contribution in [0.25, 0.3) is 11.1 Å². The van der Waals surface area contributed by atoms with Crippen molar-refractivity contribution >= 4 is 0 Å². The molecular weight excluding hydrogens is 356 g/mol. The maximum Gasteiger partial charge on any atom is 0.135 e. The molecule has 5 heteroatoms. The second kappa shape index (κ2) is 9.58. The molecule has 0 aromatic heterocycles. The molecule has 0 amide bonds. The lowest BCUT2D eigenvalue weighted by Gasteiger charge is -2.24. The first kappa shape index (κ1) is 21.7. The molecule has 0 fully saturated rings. The molecule has 0 heterocycles. The van der Waals surface area contributed by atoms with Gasteiger partial charge in [0.15, 0.2) is 0 Å². The summed E-state index contributed by atoms with van der Waals surface area (Å²) in [5, 5.41) is 0. The summed E-state index contributed by atoms with van der Waals surface area (Å²) in [5.41, 5.74) is 1.57. The Morgan fingerprint density at radius 3 is 1.32 bits per heavy atom. The van der Waals surface area contributed by atoms with Gasteiger partial charge >= 0.3 is 0 Å². The molecule has 0 aliphatic rings. The second-order valence-electron chi connectivity index (χ2n) is 7.33. The highest BCUT2D eigenvalue weighted by molar-refractivity contribution is 5.86. The highest BCUT2D eigenvalue weighted by Gasteiger charge is 2.24. The Labute approximate surface area is 168 Å². The van der Waals surface area contributed by atoms with E-state index in [0.717, 1.165) is 11.1 Å². The summed E-state index contributed by atoms with van der Waals surface area (Å²) in [6.45, 7) is 11.9. The Balaban J connectivity index is 2.83. The minimum absolute atomic E-state index is 0.0272. The molecule has 154 valence electrons. The van der Waals surface area contributed by atoms with Crippen molar-refractivity contribution in [3.63, 3.8) is 0 Å². The zero-order valence-electron chi connectivity index (χ0n) is 18.2. The van der Waals surface area contributed by atoms with Gasteiger partial charge in [0.05, 0.1) is 43.7 Å². The van der Waals surface area contributed by atoms with Gasteiger partial charge < -0.3 is 23.7 Å². The second-order valence-corrected chi connectivity index (χ2v) is 7.33. The number of ether oxygens (including phenoxy) is 5. The lowest BCUT2D eigenvalue weighted by atomic mass is 10.00. The SMILES string of the molecule is COc1cccc(OC)c1-c1c(OC(C)C)cc(OC(C)C)cc1OC(C)C. The van der Waals surface area contributed by atoms with Crippen molar-refractivity contribution in [1.29, 1.82) is 0 Å². The summed E-state index contributed by atoms with van der Waals surface area (Å²) in [7, 11) is 3.28. The molecule has 28 heavy (non-hydrogen) atoms. The lowest BCUT2D eigenvalue weighted by Crippen LogP contribution is -2.12. The van der Waals surface area contributed by atoms with Crippen LogP contribution in [0, 0.1) is 0 Å². The van der Waals surface area contributed by atoms with Gasteiger partial charge in [-0.05, 0) is 53.7 Å². The molecular formula is C23H32O5. The Morgan fingerprint density at radius 2 is 0.964 bits per heavy atom. The average Bonchev–Trinajstić information content (AvgIpc) is 2.59. The molecule has 2 rings (SSSR count). The summed E-state index contributed by atoms with van der Waals surface area (Å²) in [4.78, 5) is 0. The van der Waals surface area contributed by atoms with Crippen LogP contribution < -0.4 is 23.7 Å². The van der Waals surface area contributed by atoms with Crippen molar-refractivity contribution in [3.8, 4) is 39.9 Å². The fourth-order valence-electron chi connectivity index (χ4n) is 2.94. The molecule has 2 aromatic rings. The molecule has 0 aliphatic carbocycles. The number of benzene rings is 2. The number of rotatable bonds is 9. The van der Waals surface area contributed by atoms with Crippen LogP contribution in [-0.4, -0.2) is 32.5 Å². The highest BCUT2D eigenvalue weighted by atomic mass is 16.5. The predicted octanol–water partition coefficient (Wildman–Crippen LogP) is 5.73. The van der Waals surface area contributed by atoms with E-state index in [9.17, 15) is 0 Å². The molecule has 2 aromatic carbocycles. The van der Waals surface area contributed by atoms with E-state index in [1.807, 2.05) is 71.9 Å². The van der Waals surface area contributed by atoms with Crippen molar-refractivity contribution in [2.45, 2.75) is 59.9 Å². The molecule has 0 unspecified atom stereocenters. The van der Waals surface area contributed by atoms with Crippen LogP contribution in [0.2, 0.25) is 0 Å². The molecule has 0 bridgehead atoms. The van der Waals surface area contributed by atoms with E-state index in [1.54, 1.807) is 14.2 Å². The van der Waals surface area contributed by atoms with Gasteiger partial charge in [-0.1, -0.05) is 6.07 Å². The molecule has 0 radical (unpaired) electrons. The van der Waals surface area contributed by atoms with E-state index in [4.69, 9.17) is 23.7 Å². The van der Waals surface area contributed by atoms with Crippen LogP contribution >= 0.6 is 0 Å². The van der Waals surface area contributed by atoms with Gasteiger partial charge in [0.2, 0.25) is 0 Å². The van der Waals surface area contributed by atoms with Gasteiger partial charge in [-0.15, -0.1) is 0 Å². The van der Waals surface area contributed by atoms with Crippen molar-refractivity contribution in [1.82, 2.24) is 0 Å². The Hall–Kier alpha value is -2.56.